The van der Waals surface area contributed by atoms with E-state index in [9.17, 15) is 13.2 Å². The van der Waals surface area contributed by atoms with Crippen molar-refractivity contribution < 1.29 is 18.3 Å². The van der Waals surface area contributed by atoms with Crippen LogP contribution in [0, 0.1) is 12.3 Å². The quantitative estimate of drug-likeness (QED) is 0.536. The Labute approximate surface area is 105 Å². The molecular formula is C11H12N2O4S. The highest BCUT2D eigenvalue weighted by Crippen LogP contribution is 2.19. The van der Waals surface area contributed by atoms with E-state index < -0.39 is 27.6 Å². The first-order chi connectivity index (χ1) is 8.27. The summed E-state index contributed by atoms with van der Waals surface area (Å²) in [7, 11) is -3.99. The molecule has 0 fully saturated rings. The number of carbonyl (C=O) groups is 1. The average molecular weight is 268 g/mol. The second kappa shape index (κ2) is 5.08. The zero-order valence-corrected chi connectivity index (χ0v) is 10.4. The van der Waals surface area contributed by atoms with Crippen LogP contribution in [0.4, 0.5) is 5.69 Å². The minimum absolute atomic E-state index is 0.163. The standard InChI is InChI=1S/C11H12N2O4S/c1-3-7(2)13-18(16,17)10-5-4-8(12)6-9(10)11(14)15/h1,4-7,13H,12H2,2H3,(H,14,15). The lowest BCUT2D eigenvalue weighted by molar-refractivity contribution is 0.0692. The summed E-state index contributed by atoms with van der Waals surface area (Å²) < 4.78 is 26.0. The predicted molar refractivity (Wildman–Crippen MR) is 66.4 cm³/mol. The Bertz CT molecular complexity index is 616. The van der Waals surface area contributed by atoms with Gasteiger partial charge in [0.25, 0.3) is 0 Å². The number of anilines is 1. The van der Waals surface area contributed by atoms with Crippen LogP contribution < -0.4 is 10.5 Å². The van der Waals surface area contributed by atoms with E-state index in [2.05, 4.69) is 10.6 Å². The molecule has 0 aliphatic rings. The molecule has 0 aliphatic carbocycles. The third-order valence-electron chi connectivity index (χ3n) is 2.11. The molecule has 0 saturated carbocycles. The van der Waals surface area contributed by atoms with E-state index in [0.717, 1.165) is 12.1 Å². The third-order valence-corrected chi connectivity index (χ3v) is 3.70. The van der Waals surface area contributed by atoms with Crippen molar-refractivity contribution in [3.05, 3.63) is 23.8 Å². The maximum atomic E-state index is 11.9. The highest BCUT2D eigenvalue weighted by Gasteiger charge is 2.23. The van der Waals surface area contributed by atoms with Crippen LogP contribution in [-0.4, -0.2) is 25.5 Å². The number of nitrogen functional groups attached to an aromatic ring is 1. The van der Waals surface area contributed by atoms with Crippen LogP contribution in [-0.2, 0) is 10.0 Å². The summed E-state index contributed by atoms with van der Waals surface area (Å²) >= 11 is 0. The Morgan fingerprint density at radius 3 is 2.67 bits per heavy atom. The maximum absolute atomic E-state index is 11.9. The van der Waals surface area contributed by atoms with E-state index in [0.29, 0.717) is 0 Å². The highest BCUT2D eigenvalue weighted by molar-refractivity contribution is 7.89. The molecule has 0 bridgehead atoms. The molecule has 1 atom stereocenters. The molecule has 1 aromatic rings. The lowest BCUT2D eigenvalue weighted by Gasteiger charge is -2.11. The molecule has 0 spiro atoms. The number of hydrogen-bond acceptors (Lipinski definition) is 4. The van der Waals surface area contributed by atoms with Crippen molar-refractivity contribution >= 4 is 21.7 Å². The Balaban J connectivity index is 3.34. The minimum Gasteiger partial charge on any atom is -0.478 e. The number of rotatable bonds is 4. The van der Waals surface area contributed by atoms with Gasteiger partial charge in [-0.3, -0.25) is 0 Å². The van der Waals surface area contributed by atoms with Crippen molar-refractivity contribution in [2.75, 3.05) is 5.73 Å². The molecule has 4 N–H and O–H groups in total. The van der Waals surface area contributed by atoms with Crippen LogP contribution in [0.2, 0.25) is 0 Å². The van der Waals surface area contributed by atoms with Gasteiger partial charge in [-0.15, -0.1) is 6.42 Å². The van der Waals surface area contributed by atoms with Crippen molar-refractivity contribution in [3.8, 4) is 12.3 Å². The van der Waals surface area contributed by atoms with Gasteiger partial charge in [0, 0.05) is 5.69 Å². The Kier molecular flexibility index (Phi) is 3.96. The first-order valence-corrected chi connectivity index (χ1v) is 6.37. The number of carboxylic acid groups (broad SMARTS) is 1. The molecule has 0 aromatic heterocycles. The van der Waals surface area contributed by atoms with Crippen LogP contribution in [0.5, 0.6) is 0 Å². The van der Waals surface area contributed by atoms with Crippen molar-refractivity contribution in [1.29, 1.82) is 0 Å². The van der Waals surface area contributed by atoms with E-state index in [4.69, 9.17) is 17.3 Å². The molecule has 0 radical (unpaired) electrons. The summed E-state index contributed by atoms with van der Waals surface area (Å²) in [5.74, 6) is 0.810. The first kappa shape index (κ1) is 14.0. The highest BCUT2D eigenvalue weighted by atomic mass is 32.2. The molecule has 1 unspecified atom stereocenters. The Morgan fingerprint density at radius 1 is 1.56 bits per heavy atom. The molecule has 96 valence electrons. The van der Waals surface area contributed by atoms with Crippen molar-refractivity contribution in [2.45, 2.75) is 17.9 Å². The SMILES string of the molecule is C#CC(C)NS(=O)(=O)c1ccc(N)cc1C(=O)O. The molecule has 7 heteroatoms. The van der Waals surface area contributed by atoms with Crippen LogP contribution in [0.3, 0.4) is 0 Å². The number of benzene rings is 1. The fourth-order valence-corrected chi connectivity index (χ4v) is 2.62. The minimum atomic E-state index is -3.99. The van der Waals surface area contributed by atoms with Crippen molar-refractivity contribution in [2.24, 2.45) is 0 Å². The van der Waals surface area contributed by atoms with Crippen molar-refractivity contribution in [1.82, 2.24) is 4.72 Å². The predicted octanol–water partition coefficient (Wildman–Crippen LogP) is 0.267. The summed E-state index contributed by atoms with van der Waals surface area (Å²) in [6.07, 6.45) is 5.07. The second-order valence-electron chi connectivity index (χ2n) is 3.57. The van der Waals surface area contributed by atoms with Gasteiger partial charge < -0.3 is 10.8 Å². The van der Waals surface area contributed by atoms with E-state index in [-0.39, 0.29) is 10.6 Å². The second-order valence-corrected chi connectivity index (χ2v) is 5.25. The summed E-state index contributed by atoms with van der Waals surface area (Å²) in [4.78, 5) is 10.6. The fourth-order valence-electron chi connectivity index (χ4n) is 1.28. The van der Waals surface area contributed by atoms with Gasteiger partial charge in [-0.1, -0.05) is 5.92 Å². The fraction of sp³-hybridized carbons (Fsp3) is 0.182. The zero-order valence-electron chi connectivity index (χ0n) is 9.54. The summed E-state index contributed by atoms with van der Waals surface area (Å²) in [5, 5.41) is 8.96. The monoisotopic (exact) mass is 268 g/mol. The van der Waals surface area contributed by atoms with Crippen molar-refractivity contribution in [3.63, 3.8) is 0 Å². The summed E-state index contributed by atoms with van der Waals surface area (Å²) in [6, 6.07) is 2.78. The number of sulfonamides is 1. The van der Waals surface area contributed by atoms with Crippen LogP contribution in [0.1, 0.15) is 17.3 Å². The van der Waals surface area contributed by atoms with E-state index in [1.165, 1.54) is 13.0 Å². The third kappa shape index (κ3) is 3.00. The van der Waals surface area contributed by atoms with Gasteiger partial charge in [0.2, 0.25) is 10.0 Å². The molecular weight excluding hydrogens is 256 g/mol. The van der Waals surface area contributed by atoms with Crippen LogP contribution in [0.25, 0.3) is 0 Å². The van der Waals surface area contributed by atoms with Gasteiger partial charge in [0.1, 0.15) is 0 Å². The molecule has 18 heavy (non-hydrogen) atoms. The molecule has 0 aliphatic heterocycles. The summed E-state index contributed by atoms with van der Waals surface area (Å²) in [5.41, 5.74) is 5.19. The molecule has 6 nitrogen and oxygen atoms in total. The lowest BCUT2D eigenvalue weighted by Crippen LogP contribution is -2.32. The number of carboxylic acids is 1. The number of nitrogens with one attached hydrogen (secondary N) is 1. The van der Waals surface area contributed by atoms with Crippen LogP contribution >= 0.6 is 0 Å². The number of nitrogens with two attached hydrogens (primary N) is 1. The topological polar surface area (TPSA) is 109 Å². The van der Waals surface area contributed by atoms with Gasteiger partial charge in [-0.25, -0.2) is 13.2 Å². The molecule has 0 saturated heterocycles. The van der Waals surface area contributed by atoms with Gasteiger partial charge in [-0.2, -0.15) is 4.72 Å². The van der Waals surface area contributed by atoms with Gasteiger partial charge in [-0.05, 0) is 25.1 Å². The molecule has 1 rings (SSSR count). The normalized spacial score (nSPS) is 12.7. The summed E-state index contributed by atoms with van der Waals surface area (Å²) in [6.45, 7) is 1.47. The molecule has 1 aromatic carbocycles. The molecule has 0 heterocycles. The lowest BCUT2D eigenvalue weighted by atomic mass is 10.2. The zero-order chi connectivity index (χ0) is 13.9. The van der Waals surface area contributed by atoms with Gasteiger partial charge in [0.15, 0.2) is 0 Å². The first-order valence-electron chi connectivity index (χ1n) is 4.89. The van der Waals surface area contributed by atoms with Crippen LogP contribution in [0.15, 0.2) is 23.1 Å². The smallest absolute Gasteiger partial charge is 0.337 e. The Morgan fingerprint density at radius 2 is 2.17 bits per heavy atom. The maximum Gasteiger partial charge on any atom is 0.337 e. The van der Waals surface area contributed by atoms with E-state index in [1.54, 1.807) is 0 Å². The molecule has 0 amide bonds. The van der Waals surface area contributed by atoms with E-state index in [1.807, 2.05) is 0 Å². The van der Waals surface area contributed by atoms with Gasteiger partial charge >= 0.3 is 5.97 Å². The van der Waals surface area contributed by atoms with E-state index >= 15 is 0 Å². The number of aromatic carboxylic acids is 1. The number of hydrogen-bond donors (Lipinski definition) is 3. The number of terminal acetylenes is 1. The van der Waals surface area contributed by atoms with Gasteiger partial charge in [0.05, 0.1) is 16.5 Å². The average Bonchev–Trinajstić information content (AvgIpc) is 2.27. The largest absolute Gasteiger partial charge is 0.478 e. The Hall–Kier alpha value is -2.04.